The summed E-state index contributed by atoms with van der Waals surface area (Å²) in [7, 11) is 1.56. The summed E-state index contributed by atoms with van der Waals surface area (Å²) in [5.74, 6) is 1.11. The monoisotopic (exact) mass is 290 g/mol. The lowest BCUT2D eigenvalue weighted by atomic mass is 9.99. The van der Waals surface area contributed by atoms with Crippen molar-refractivity contribution in [1.29, 1.82) is 0 Å². The van der Waals surface area contributed by atoms with Crippen molar-refractivity contribution in [3.8, 4) is 0 Å². The number of hydrogen-bond acceptors (Lipinski definition) is 4. The molecular weight excluding hydrogens is 268 g/mol. The smallest absolute Gasteiger partial charge is 0.330 e. The standard InChI is InChI=1S/C11H22F4N2O2/c1-10(2,18-3)5-4-8(17-16)6-19-7-11(14,15)9(12)13/h8-9,17H,4-7,16H2,1-3H3. The van der Waals surface area contributed by atoms with Crippen LogP contribution in [0, 0.1) is 0 Å². The van der Waals surface area contributed by atoms with Crippen LogP contribution in [0.4, 0.5) is 17.6 Å². The van der Waals surface area contributed by atoms with Crippen LogP contribution in [-0.4, -0.2) is 44.3 Å². The average molecular weight is 290 g/mol. The first-order chi connectivity index (χ1) is 8.64. The normalized spacial score (nSPS) is 15.0. The van der Waals surface area contributed by atoms with Gasteiger partial charge >= 0.3 is 12.3 Å². The van der Waals surface area contributed by atoms with Crippen molar-refractivity contribution < 1.29 is 27.0 Å². The van der Waals surface area contributed by atoms with E-state index in [-0.39, 0.29) is 12.2 Å². The van der Waals surface area contributed by atoms with Crippen LogP contribution >= 0.6 is 0 Å². The topological polar surface area (TPSA) is 56.5 Å². The second kappa shape index (κ2) is 7.98. The van der Waals surface area contributed by atoms with Crippen LogP contribution in [0.3, 0.4) is 0 Å². The lowest BCUT2D eigenvalue weighted by molar-refractivity contribution is -0.167. The van der Waals surface area contributed by atoms with Crippen molar-refractivity contribution in [2.24, 2.45) is 5.84 Å². The predicted molar refractivity (Wildman–Crippen MR) is 63.2 cm³/mol. The molecule has 19 heavy (non-hydrogen) atoms. The summed E-state index contributed by atoms with van der Waals surface area (Å²) in [5.41, 5.74) is 2.03. The Balaban J connectivity index is 4.02. The molecule has 0 aliphatic rings. The first-order valence-electron chi connectivity index (χ1n) is 5.89. The van der Waals surface area contributed by atoms with Gasteiger partial charge in [-0.05, 0) is 26.7 Å². The molecule has 1 unspecified atom stereocenters. The van der Waals surface area contributed by atoms with Gasteiger partial charge in [-0.15, -0.1) is 0 Å². The molecule has 0 aliphatic heterocycles. The highest BCUT2D eigenvalue weighted by molar-refractivity contribution is 4.74. The van der Waals surface area contributed by atoms with Gasteiger partial charge in [0.1, 0.15) is 6.61 Å². The number of hydrogen-bond donors (Lipinski definition) is 2. The molecule has 0 aromatic heterocycles. The van der Waals surface area contributed by atoms with Gasteiger partial charge in [-0.2, -0.15) is 8.78 Å². The van der Waals surface area contributed by atoms with Gasteiger partial charge in [0.25, 0.3) is 0 Å². The molecule has 0 saturated heterocycles. The third-order valence-electron chi connectivity index (χ3n) is 2.82. The van der Waals surface area contributed by atoms with Crippen LogP contribution in [0.5, 0.6) is 0 Å². The number of hydrazine groups is 1. The van der Waals surface area contributed by atoms with Crippen molar-refractivity contribution in [3.63, 3.8) is 0 Å². The summed E-state index contributed by atoms with van der Waals surface area (Å²) in [5, 5.41) is 0. The van der Waals surface area contributed by atoms with Gasteiger partial charge in [-0.3, -0.25) is 11.3 Å². The van der Waals surface area contributed by atoms with Gasteiger partial charge in [0.2, 0.25) is 0 Å². The highest BCUT2D eigenvalue weighted by atomic mass is 19.3. The van der Waals surface area contributed by atoms with Gasteiger partial charge in [0.15, 0.2) is 0 Å². The third-order valence-corrected chi connectivity index (χ3v) is 2.82. The van der Waals surface area contributed by atoms with E-state index in [1.54, 1.807) is 7.11 Å². The predicted octanol–water partition coefficient (Wildman–Crippen LogP) is 1.94. The molecule has 0 radical (unpaired) electrons. The van der Waals surface area contributed by atoms with Crippen LogP contribution in [0.2, 0.25) is 0 Å². The summed E-state index contributed by atoms with van der Waals surface area (Å²) < 4.78 is 58.7. The van der Waals surface area contributed by atoms with Gasteiger partial charge < -0.3 is 9.47 Å². The van der Waals surface area contributed by atoms with Gasteiger partial charge in [0.05, 0.1) is 12.2 Å². The maximum Gasteiger partial charge on any atom is 0.330 e. The highest BCUT2D eigenvalue weighted by Crippen LogP contribution is 2.23. The zero-order valence-corrected chi connectivity index (χ0v) is 11.4. The molecule has 0 saturated carbocycles. The Morgan fingerprint density at radius 2 is 1.84 bits per heavy atom. The Kier molecular flexibility index (Phi) is 7.80. The van der Waals surface area contributed by atoms with E-state index in [2.05, 4.69) is 10.2 Å². The molecule has 3 N–H and O–H groups in total. The molecule has 0 amide bonds. The van der Waals surface area contributed by atoms with Crippen LogP contribution in [-0.2, 0) is 9.47 Å². The molecule has 0 fully saturated rings. The zero-order chi connectivity index (χ0) is 15.1. The molecule has 0 aromatic rings. The zero-order valence-electron chi connectivity index (χ0n) is 11.4. The van der Waals surface area contributed by atoms with E-state index in [4.69, 9.17) is 10.6 Å². The number of nitrogens with two attached hydrogens (primary N) is 1. The number of nitrogens with one attached hydrogen (secondary N) is 1. The molecule has 0 heterocycles. The van der Waals surface area contributed by atoms with E-state index < -0.39 is 25.0 Å². The van der Waals surface area contributed by atoms with E-state index >= 15 is 0 Å². The molecule has 0 aliphatic carbocycles. The van der Waals surface area contributed by atoms with E-state index in [9.17, 15) is 17.6 Å². The lowest BCUT2D eigenvalue weighted by Crippen LogP contribution is -2.42. The summed E-state index contributed by atoms with van der Waals surface area (Å²) in [6.45, 7) is 2.24. The number of alkyl halides is 4. The number of halogens is 4. The van der Waals surface area contributed by atoms with E-state index in [0.29, 0.717) is 12.8 Å². The van der Waals surface area contributed by atoms with Crippen LogP contribution in [0.1, 0.15) is 26.7 Å². The van der Waals surface area contributed by atoms with Gasteiger partial charge in [0, 0.05) is 13.2 Å². The molecule has 1 atom stereocenters. The SMILES string of the molecule is COC(C)(C)CCC(COCC(F)(F)C(F)F)NN. The third kappa shape index (κ3) is 7.66. The van der Waals surface area contributed by atoms with Crippen LogP contribution in [0.25, 0.3) is 0 Å². The van der Waals surface area contributed by atoms with Crippen LogP contribution < -0.4 is 11.3 Å². The minimum absolute atomic E-state index is 0.168. The first-order valence-corrected chi connectivity index (χ1v) is 5.89. The first kappa shape index (κ1) is 18.6. The quantitative estimate of drug-likeness (QED) is 0.367. The van der Waals surface area contributed by atoms with Crippen molar-refractivity contribution in [3.05, 3.63) is 0 Å². The minimum atomic E-state index is -4.13. The summed E-state index contributed by atoms with van der Waals surface area (Å²) >= 11 is 0. The molecule has 0 bridgehead atoms. The fourth-order valence-electron chi connectivity index (χ4n) is 1.24. The molecule has 0 aromatic carbocycles. The fourth-order valence-corrected chi connectivity index (χ4v) is 1.24. The summed E-state index contributed by atoms with van der Waals surface area (Å²) in [6.07, 6.45) is -2.60. The Hall–Kier alpha value is -0.440. The van der Waals surface area contributed by atoms with E-state index in [1.165, 1.54) is 0 Å². The molecule has 4 nitrogen and oxygen atoms in total. The molecule has 8 heteroatoms. The Labute approximate surface area is 110 Å². The fraction of sp³-hybridized carbons (Fsp3) is 1.00. The van der Waals surface area contributed by atoms with Crippen molar-refractivity contribution in [2.75, 3.05) is 20.3 Å². The van der Waals surface area contributed by atoms with Gasteiger partial charge in [-0.1, -0.05) is 0 Å². The number of rotatable bonds is 10. The number of ether oxygens (including phenoxy) is 2. The Morgan fingerprint density at radius 3 is 2.26 bits per heavy atom. The molecule has 0 spiro atoms. The van der Waals surface area contributed by atoms with Crippen molar-refractivity contribution >= 4 is 0 Å². The Morgan fingerprint density at radius 1 is 1.26 bits per heavy atom. The maximum absolute atomic E-state index is 12.6. The van der Waals surface area contributed by atoms with Crippen LogP contribution in [0.15, 0.2) is 0 Å². The van der Waals surface area contributed by atoms with Gasteiger partial charge in [-0.25, -0.2) is 8.78 Å². The second-order valence-electron chi connectivity index (χ2n) is 4.94. The molecule has 116 valence electrons. The highest BCUT2D eigenvalue weighted by Gasteiger charge is 2.41. The molecular formula is C11H22F4N2O2. The van der Waals surface area contributed by atoms with E-state index in [0.717, 1.165) is 0 Å². The Bertz CT molecular complexity index is 253. The van der Waals surface area contributed by atoms with E-state index in [1.807, 2.05) is 13.8 Å². The second-order valence-corrected chi connectivity index (χ2v) is 4.94. The summed E-state index contributed by atoms with van der Waals surface area (Å²) in [6, 6.07) is -0.400. The minimum Gasteiger partial charge on any atom is -0.379 e. The summed E-state index contributed by atoms with van der Waals surface area (Å²) in [4.78, 5) is 0. The maximum atomic E-state index is 12.6. The van der Waals surface area contributed by atoms with Crippen molar-refractivity contribution in [2.45, 2.75) is 50.7 Å². The van der Waals surface area contributed by atoms with Crippen molar-refractivity contribution in [1.82, 2.24) is 5.43 Å². The lowest BCUT2D eigenvalue weighted by Gasteiger charge is -2.26. The largest absolute Gasteiger partial charge is 0.379 e. The number of methoxy groups -OCH3 is 1. The molecule has 0 rings (SSSR count). The average Bonchev–Trinajstić information content (AvgIpc) is 2.33.